The van der Waals surface area contributed by atoms with Gasteiger partial charge in [-0.15, -0.1) is 0 Å². The van der Waals surface area contributed by atoms with Crippen molar-refractivity contribution >= 4 is 34.2 Å². The van der Waals surface area contributed by atoms with Crippen molar-refractivity contribution in [1.82, 2.24) is 5.43 Å². The fraction of sp³-hybridized carbons (Fsp3) is 0.0769. The van der Waals surface area contributed by atoms with Crippen LogP contribution >= 0.6 is 34.2 Å². The SMILES string of the molecule is NNC(c1ccc(F)cc1)c1ccc(I)c(Cl)c1. The summed E-state index contributed by atoms with van der Waals surface area (Å²) in [7, 11) is 0. The van der Waals surface area contributed by atoms with Gasteiger partial charge in [0.1, 0.15) is 5.82 Å². The third-order valence-corrected chi connectivity index (χ3v) is 4.22. The highest BCUT2D eigenvalue weighted by molar-refractivity contribution is 14.1. The van der Waals surface area contributed by atoms with Gasteiger partial charge in [0.05, 0.1) is 11.1 Å². The number of nitrogens with one attached hydrogen (secondary N) is 1. The summed E-state index contributed by atoms with van der Waals surface area (Å²) in [5.41, 5.74) is 4.54. The molecule has 0 aromatic heterocycles. The van der Waals surface area contributed by atoms with Gasteiger partial charge in [0.25, 0.3) is 0 Å². The summed E-state index contributed by atoms with van der Waals surface area (Å²) in [4.78, 5) is 0. The third-order valence-electron chi connectivity index (χ3n) is 2.65. The van der Waals surface area contributed by atoms with E-state index in [0.29, 0.717) is 5.02 Å². The summed E-state index contributed by atoms with van der Waals surface area (Å²) < 4.78 is 13.9. The van der Waals surface area contributed by atoms with Crippen LogP contribution < -0.4 is 11.3 Å². The summed E-state index contributed by atoms with van der Waals surface area (Å²) in [6.07, 6.45) is 0. The van der Waals surface area contributed by atoms with E-state index in [1.54, 1.807) is 12.1 Å². The Morgan fingerprint density at radius 3 is 2.28 bits per heavy atom. The van der Waals surface area contributed by atoms with Crippen molar-refractivity contribution in [3.63, 3.8) is 0 Å². The Kier molecular flexibility index (Phi) is 4.55. The lowest BCUT2D eigenvalue weighted by molar-refractivity contribution is 0.615. The second kappa shape index (κ2) is 5.97. The van der Waals surface area contributed by atoms with Gasteiger partial charge < -0.3 is 0 Å². The molecule has 0 bridgehead atoms. The Morgan fingerprint density at radius 2 is 1.72 bits per heavy atom. The van der Waals surface area contributed by atoms with Crippen LogP contribution in [0, 0.1) is 9.39 Å². The fourth-order valence-corrected chi connectivity index (χ4v) is 2.26. The Hall–Kier alpha value is -0.690. The minimum absolute atomic E-state index is 0.208. The van der Waals surface area contributed by atoms with Crippen LogP contribution in [-0.4, -0.2) is 0 Å². The smallest absolute Gasteiger partial charge is 0.123 e. The molecule has 0 heterocycles. The number of hydrogen-bond donors (Lipinski definition) is 2. The Morgan fingerprint density at radius 1 is 1.11 bits per heavy atom. The van der Waals surface area contributed by atoms with E-state index in [2.05, 4.69) is 28.0 Å². The van der Waals surface area contributed by atoms with Gasteiger partial charge >= 0.3 is 0 Å². The zero-order valence-corrected chi connectivity index (χ0v) is 12.2. The largest absolute Gasteiger partial charge is 0.271 e. The molecule has 2 rings (SSSR count). The number of hydrogen-bond acceptors (Lipinski definition) is 2. The topological polar surface area (TPSA) is 38.0 Å². The Bertz CT molecular complexity index is 545. The molecule has 0 amide bonds. The number of halogens is 3. The summed E-state index contributed by atoms with van der Waals surface area (Å²) in [6, 6.07) is 11.7. The van der Waals surface area contributed by atoms with Crippen LogP contribution in [-0.2, 0) is 0 Å². The van der Waals surface area contributed by atoms with Gasteiger partial charge in [-0.05, 0) is 58.0 Å². The van der Waals surface area contributed by atoms with Gasteiger partial charge in [0.2, 0.25) is 0 Å². The summed E-state index contributed by atoms with van der Waals surface area (Å²) in [5, 5.41) is 0.676. The first kappa shape index (κ1) is 13.7. The molecule has 1 atom stereocenters. The van der Waals surface area contributed by atoms with Crippen LogP contribution in [0.1, 0.15) is 17.2 Å². The van der Waals surface area contributed by atoms with E-state index in [1.807, 2.05) is 18.2 Å². The molecule has 0 aliphatic heterocycles. The van der Waals surface area contributed by atoms with Gasteiger partial charge in [-0.3, -0.25) is 5.84 Å². The van der Waals surface area contributed by atoms with Crippen molar-refractivity contribution in [2.24, 2.45) is 5.84 Å². The molecule has 18 heavy (non-hydrogen) atoms. The minimum atomic E-state index is -0.268. The van der Waals surface area contributed by atoms with Crippen LogP contribution in [0.5, 0.6) is 0 Å². The molecule has 5 heteroatoms. The van der Waals surface area contributed by atoms with Crippen LogP contribution in [0.4, 0.5) is 4.39 Å². The van der Waals surface area contributed by atoms with Gasteiger partial charge in [-0.2, -0.15) is 0 Å². The van der Waals surface area contributed by atoms with Gasteiger partial charge in [0, 0.05) is 3.57 Å². The number of benzene rings is 2. The highest BCUT2D eigenvalue weighted by atomic mass is 127. The summed E-state index contributed by atoms with van der Waals surface area (Å²) in [5.74, 6) is 5.31. The van der Waals surface area contributed by atoms with Gasteiger partial charge in [0.15, 0.2) is 0 Å². The maximum Gasteiger partial charge on any atom is 0.123 e. The molecular weight excluding hydrogens is 366 g/mol. The standard InChI is InChI=1S/C13H11ClFIN2/c14-11-7-9(3-6-12(11)16)13(18-17)8-1-4-10(15)5-2-8/h1-7,13,18H,17H2. The van der Waals surface area contributed by atoms with Crippen molar-refractivity contribution in [2.45, 2.75) is 6.04 Å². The monoisotopic (exact) mass is 376 g/mol. The van der Waals surface area contributed by atoms with Crippen LogP contribution in [0.3, 0.4) is 0 Å². The lowest BCUT2D eigenvalue weighted by Crippen LogP contribution is -2.28. The molecule has 0 radical (unpaired) electrons. The second-order valence-corrected chi connectivity index (χ2v) is 5.39. The lowest BCUT2D eigenvalue weighted by atomic mass is 9.99. The van der Waals surface area contributed by atoms with E-state index < -0.39 is 0 Å². The molecule has 3 N–H and O–H groups in total. The minimum Gasteiger partial charge on any atom is -0.271 e. The average Bonchev–Trinajstić information content (AvgIpc) is 2.37. The highest BCUT2D eigenvalue weighted by Gasteiger charge is 2.13. The van der Waals surface area contributed by atoms with Crippen LogP contribution in [0.15, 0.2) is 42.5 Å². The molecular formula is C13H11ClFIN2. The molecule has 0 saturated carbocycles. The Labute approximate surface area is 123 Å². The van der Waals surface area contributed by atoms with E-state index in [-0.39, 0.29) is 11.9 Å². The molecule has 0 aliphatic carbocycles. The van der Waals surface area contributed by atoms with E-state index in [1.165, 1.54) is 12.1 Å². The van der Waals surface area contributed by atoms with Crippen molar-refractivity contribution in [3.05, 3.63) is 68.0 Å². The number of nitrogens with two attached hydrogens (primary N) is 1. The number of rotatable bonds is 3. The molecule has 0 spiro atoms. The highest BCUT2D eigenvalue weighted by Crippen LogP contribution is 2.26. The molecule has 0 aliphatic rings. The first-order valence-electron chi connectivity index (χ1n) is 5.28. The molecule has 0 fully saturated rings. The van der Waals surface area contributed by atoms with E-state index in [0.717, 1.165) is 14.7 Å². The van der Waals surface area contributed by atoms with E-state index >= 15 is 0 Å². The van der Waals surface area contributed by atoms with E-state index in [4.69, 9.17) is 17.4 Å². The van der Waals surface area contributed by atoms with Crippen molar-refractivity contribution in [3.8, 4) is 0 Å². The van der Waals surface area contributed by atoms with Crippen LogP contribution in [0.25, 0.3) is 0 Å². The molecule has 2 nitrogen and oxygen atoms in total. The molecule has 0 saturated heterocycles. The predicted molar refractivity (Wildman–Crippen MR) is 79.7 cm³/mol. The van der Waals surface area contributed by atoms with Crippen molar-refractivity contribution < 1.29 is 4.39 Å². The maximum absolute atomic E-state index is 12.9. The summed E-state index contributed by atoms with van der Waals surface area (Å²) in [6.45, 7) is 0. The molecule has 2 aromatic carbocycles. The fourth-order valence-electron chi connectivity index (χ4n) is 1.73. The van der Waals surface area contributed by atoms with E-state index in [9.17, 15) is 4.39 Å². The normalized spacial score (nSPS) is 12.4. The summed E-state index contributed by atoms with van der Waals surface area (Å²) >= 11 is 8.25. The predicted octanol–water partition coefficient (Wildman–Crippen LogP) is 3.64. The second-order valence-electron chi connectivity index (χ2n) is 3.82. The first-order valence-corrected chi connectivity index (χ1v) is 6.74. The zero-order chi connectivity index (χ0) is 13.1. The Balaban J connectivity index is 2.38. The van der Waals surface area contributed by atoms with Crippen LogP contribution in [0.2, 0.25) is 5.02 Å². The molecule has 94 valence electrons. The molecule has 2 aromatic rings. The van der Waals surface area contributed by atoms with Crippen molar-refractivity contribution in [1.29, 1.82) is 0 Å². The van der Waals surface area contributed by atoms with Crippen molar-refractivity contribution in [2.75, 3.05) is 0 Å². The quantitative estimate of drug-likeness (QED) is 0.488. The third kappa shape index (κ3) is 3.00. The zero-order valence-electron chi connectivity index (χ0n) is 9.33. The lowest BCUT2D eigenvalue weighted by Gasteiger charge is -2.17. The molecule has 1 unspecified atom stereocenters. The van der Waals surface area contributed by atoms with Gasteiger partial charge in [-0.25, -0.2) is 9.82 Å². The van der Waals surface area contributed by atoms with Gasteiger partial charge in [-0.1, -0.05) is 29.8 Å². The number of hydrazine groups is 1. The first-order chi connectivity index (χ1) is 8.61. The average molecular weight is 377 g/mol. The maximum atomic E-state index is 12.9.